The van der Waals surface area contributed by atoms with Crippen molar-refractivity contribution >= 4 is 37.7 Å². The third-order valence-electron chi connectivity index (χ3n) is 3.62. The molecule has 0 atom stereocenters. The molecule has 3 aromatic carbocycles. The molecule has 0 spiro atoms. The van der Waals surface area contributed by atoms with E-state index in [0.29, 0.717) is 0 Å². The molecule has 0 unspecified atom stereocenters. The minimum Gasteiger partial charge on any atom is -0.463 e. The van der Waals surface area contributed by atoms with Crippen LogP contribution in [0.1, 0.15) is 0 Å². The highest BCUT2D eigenvalue weighted by atomic mass is 79.9. The van der Waals surface area contributed by atoms with Crippen LogP contribution in [0.5, 0.6) is 0 Å². The fourth-order valence-corrected chi connectivity index (χ4v) is 2.88. The van der Waals surface area contributed by atoms with E-state index < -0.39 is 0 Å². The van der Waals surface area contributed by atoms with E-state index in [2.05, 4.69) is 64.5 Å². The molecule has 0 aliphatic carbocycles. The van der Waals surface area contributed by atoms with Crippen LogP contribution in [0.2, 0.25) is 0 Å². The molecule has 0 N–H and O–H groups in total. The summed E-state index contributed by atoms with van der Waals surface area (Å²) in [7, 11) is 0. The number of hydrogen-bond acceptors (Lipinski definition) is 1. The molecule has 4 aromatic rings. The quantitative estimate of drug-likeness (QED) is 0.418. The van der Waals surface area contributed by atoms with Gasteiger partial charge in [-0.1, -0.05) is 58.4 Å². The fourth-order valence-electron chi connectivity index (χ4n) is 2.62. The summed E-state index contributed by atoms with van der Waals surface area (Å²) in [5, 5.41) is 3.52. The summed E-state index contributed by atoms with van der Waals surface area (Å²) in [5.74, 6) is 0. The van der Waals surface area contributed by atoms with Gasteiger partial charge in [0.15, 0.2) is 0 Å². The van der Waals surface area contributed by atoms with Gasteiger partial charge in [-0.15, -0.1) is 0 Å². The van der Waals surface area contributed by atoms with E-state index in [1.807, 2.05) is 18.4 Å². The van der Waals surface area contributed by atoms with E-state index >= 15 is 0 Å². The summed E-state index contributed by atoms with van der Waals surface area (Å²) in [5.41, 5.74) is 3.27. The summed E-state index contributed by atoms with van der Waals surface area (Å²) < 4.78 is 6.92. The van der Waals surface area contributed by atoms with Crippen LogP contribution in [0.15, 0.2) is 75.8 Å². The Balaban J connectivity index is 2.02. The van der Waals surface area contributed by atoms with Gasteiger partial charge in [0, 0.05) is 20.8 Å². The van der Waals surface area contributed by atoms with Crippen LogP contribution in [0.4, 0.5) is 0 Å². The van der Waals surface area contributed by atoms with Gasteiger partial charge >= 0.3 is 0 Å². The molecule has 0 aliphatic rings. The number of rotatable bonds is 1. The van der Waals surface area contributed by atoms with Crippen molar-refractivity contribution in [1.82, 2.24) is 0 Å². The predicted octanol–water partition coefficient (Wildman–Crippen LogP) is 6.02. The Morgan fingerprint density at radius 1 is 0.750 bits per heavy atom. The van der Waals surface area contributed by atoms with Gasteiger partial charge in [-0.05, 0) is 29.1 Å². The van der Waals surface area contributed by atoms with Gasteiger partial charge in [0.2, 0.25) is 0 Å². The Bertz CT molecular complexity index is 904. The van der Waals surface area contributed by atoms with E-state index in [1.165, 1.54) is 10.9 Å². The number of fused-ring (bicyclic) bond motifs is 3. The molecule has 0 amide bonds. The van der Waals surface area contributed by atoms with Crippen LogP contribution in [-0.2, 0) is 0 Å². The molecule has 0 fully saturated rings. The second-order valence-electron chi connectivity index (χ2n) is 4.82. The lowest BCUT2D eigenvalue weighted by Crippen LogP contribution is -1.76. The molecule has 96 valence electrons. The highest BCUT2D eigenvalue weighted by Gasteiger charge is 2.10. The normalized spacial score (nSPS) is 11.2. The number of halogens is 1. The summed E-state index contributed by atoms with van der Waals surface area (Å²) in [6.45, 7) is 0. The Kier molecular flexibility index (Phi) is 2.64. The zero-order valence-corrected chi connectivity index (χ0v) is 12.2. The molecule has 0 radical (unpaired) electrons. The lowest BCUT2D eigenvalue weighted by molar-refractivity contribution is 0.620. The smallest absolute Gasteiger partial charge is 0.142 e. The summed E-state index contributed by atoms with van der Waals surface area (Å²) >= 11 is 3.47. The van der Waals surface area contributed by atoms with Crippen LogP contribution in [-0.4, -0.2) is 0 Å². The van der Waals surface area contributed by atoms with Crippen molar-refractivity contribution in [3.63, 3.8) is 0 Å². The average Bonchev–Trinajstić information content (AvgIpc) is 2.92. The van der Waals surface area contributed by atoms with Gasteiger partial charge in [-0.2, -0.15) is 0 Å². The summed E-state index contributed by atoms with van der Waals surface area (Å²) in [6.07, 6.45) is 1.85. The number of benzene rings is 3. The topological polar surface area (TPSA) is 13.1 Å². The Morgan fingerprint density at radius 2 is 1.55 bits per heavy atom. The lowest BCUT2D eigenvalue weighted by Gasteiger charge is -2.01. The highest BCUT2D eigenvalue weighted by molar-refractivity contribution is 9.10. The minimum absolute atomic E-state index is 0.959. The summed E-state index contributed by atoms with van der Waals surface area (Å²) in [4.78, 5) is 0. The second kappa shape index (κ2) is 4.50. The summed E-state index contributed by atoms with van der Waals surface area (Å²) in [6, 6.07) is 20.9. The molecule has 0 saturated heterocycles. The fraction of sp³-hybridized carbons (Fsp3) is 0. The van der Waals surface area contributed by atoms with Crippen molar-refractivity contribution in [1.29, 1.82) is 0 Å². The SMILES string of the molecule is Brc1ccc(-c2coc3c2ccc2ccccc23)cc1. The van der Waals surface area contributed by atoms with Gasteiger partial charge in [-0.3, -0.25) is 0 Å². The average molecular weight is 323 g/mol. The zero-order valence-electron chi connectivity index (χ0n) is 10.6. The third kappa shape index (κ3) is 1.76. The first kappa shape index (κ1) is 11.7. The van der Waals surface area contributed by atoms with Gasteiger partial charge in [0.1, 0.15) is 5.58 Å². The highest BCUT2D eigenvalue weighted by Crippen LogP contribution is 2.35. The maximum Gasteiger partial charge on any atom is 0.142 e. The maximum absolute atomic E-state index is 5.84. The minimum atomic E-state index is 0.959. The van der Waals surface area contributed by atoms with Gasteiger partial charge in [0.25, 0.3) is 0 Å². The molecule has 20 heavy (non-hydrogen) atoms. The molecule has 1 aromatic heterocycles. The van der Waals surface area contributed by atoms with Gasteiger partial charge in [-0.25, -0.2) is 0 Å². The van der Waals surface area contributed by atoms with Crippen molar-refractivity contribution in [2.75, 3.05) is 0 Å². The maximum atomic E-state index is 5.84. The van der Waals surface area contributed by atoms with E-state index in [0.717, 1.165) is 26.4 Å². The molecule has 1 heterocycles. The van der Waals surface area contributed by atoms with Crippen molar-refractivity contribution in [2.45, 2.75) is 0 Å². The number of hydrogen-bond donors (Lipinski definition) is 0. The van der Waals surface area contributed by atoms with E-state index in [-0.39, 0.29) is 0 Å². The molecular formula is C18H11BrO. The van der Waals surface area contributed by atoms with E-state index in [9.17, 15) is 0 Å². The van der Waals surface area contributed by atoms with E-state index in [1.54, 1.807) is 0 Å². The van der Waals surface area contributed by atoms with Crippen molar-refractivity contribution < 1.29 is 4.42 Å². The molecule has 4 rings (SSSR count). The first-order valence-electron chi connectivity index (χ1n) is 6.48. The van der Waals surface area contributed by atoms with Crippen LogP contribution in [0, 0.1) is 0 Å². The van der Waals surface area contributed by atoms with Crippen LogP contribution in [0.25, 0.3) is 32.9 Å². The molecule has 1 nitrogen and oxygen atoms in total. The molecular weight excluding hydrogens is 312 g/mol. The molecule has 2 heteroatoms. The van der Waals surface area contributed by atoms with Gasteiger partial charge in [0.05, 0.1) is 6.26 Å². The van der Waals surface area contributed by atoms with Crippen LogP contribution < -0.4 is 0 Å². The monoisotopic (exact) mass is 322 g/mol. The Morgan fingerprint density at radius 3 is 2.40 bits per heavy atom. The Labute approximate surface area is 125 Å². The van der Waals surface area contributed by atoms with Gasteiger partial charge < -0.3 is 4.42 Å². The third-order valence-corrected chi connectivity index (χ3v) is 4.15. The van der Waals surface area contributed by atoms with Crippen LogP contribution >= 0.6 is 15.9 Å². The standard InChI is InChI=1S/C18H11BrO/c19-14-8-5-13(6-9-14)17-11-20-18-15-4-2-1-3-12(15)7-10-16(17)18/h1-11H. The molecule has 0 saturated carbocycles. The molecule has 0 aliphatic heterocycles. The van der Waals surface area contributed by atoms with Crippen LogP contribution in [0.3, 0.4) is 0 Å². The largest absolute Gasteiger partial charge is 0.463 e. The second-order valence-corrected chi connectivity index (χ2v) is 5.74. The van der Waals surface area contributed by atoms with Crippen molar-refractivity contribution in [2.24, 2.45) is 0 Å². The first-order valence-corrected chi connectivity index (χ1v) is 7.27. The predicted molar refractivity (Wildman–Crippen MR) is 86.9 cm³/mol. The Hall–Kier alpha value is -2.06. The van der Waals surface area contributed by atoms with Crippen molar-refractivity contribution in [3.05, 3.63) is 71.4 Å². The zero-order chi connectivity index (χ0) is 13.5. The van der Waals surface area contributed by atoms with Crippen molar-refractivity contribution in [3.8, 4) is 11.1 Å². The number of furan rings is 1. The molecule has 0 bridgehead atoms. The first-order chi connectivity index (χ1) is 9.83. The van der Waals surface area contributed by atoms with E-state index in [4.69, 9.17) is 4.42 Å². The lowest BCUT2D eigenvalue weighted by atomic mass is 10.0.